The highest BCUT2D eigenvalue weighted by atomic mass is 19.1. The SMILES string of the molecule is COC(=O)CCCCCCF. The van der Waals surface area contributed by atoms with Crippen LogP contribution in [0.2, 0.25) is 0 Å². The Morgan fingerprint density at radius 3 is 2.45 bits per heavy atom. The highest BCUT2D eigenvalue weighted by molar-refractivity contribution is 5.68. The van der Waals surface area contributed by atoms with E-state index in [4.69, 9.17) is 0 Å². The fraction of sp³-hybridized carbons (Fsp3) is 0.875. The van der Waals surface area contributed by atoms with Gasteiger partial charge >= 0.3 is 5.97 Å². The van der Waals surface area contributed by atoms with Gasteiger partial charge in [0.2, 0.25) is 0 Å². The first-order valence-electron chi connectivity index (χ1n) is 3.94. The molecule has 0 rings (SSSR count). The van der Waals surface area contributed by atoms with E-state index in [0.717, 1.165) is 19.3 Å². The van der Waals surface area contributed by atoms with Crippen molar-refractivity contribution in [3.63, 3.8) is 0 Å². The molecule has 0 spiro atoms. The third kappa shape index (κ3) is 7.30. The predicted molar refractivity (Wildman–Crippen MR) is 41.1 cm³/mol. The Balaban J connectivity index is 2.95. The number of ether oxygens (including phenoxy) is 1. The fourth-order valence-corrected chi connectivity index (χ4v) is 0.819. The van der Waals surface area contributed by atoms with Crippen LogP contribution in [-0.4, -0.2) is 19.8 Å². The van der Waals surface area contributed by atoms with Gasteiger partial charge in [0.1, 0.15) is 0 Å². The molecule has 0 saturated heterocycles. The summed E-state index contributed by atoms with van der Waals surface area (Å²) in [6.45, 7) is -0.252. The number of halogens is 1. The molecule has 0 amide bonds. The highest BCUT2D eigenvalue weighted by Crippen LogP contribution is 2.03. The van der Waals surface area contributed by atoms with Gasteiger partial charge in [-0.2, -0.15) is 0 Å². The first-order chi connectivity index (χ1) is 5.31. The molecule has 0 aromatic rings. The maximum Gasteiger partial charge on any atom is 0.305 e. The number of hydrogen-bond donors (Lipinski definition) is 0. The molecule has 2 nitrogen and oxygen atoms in total. The highest BCUT2D eigenvalue weighted by Gasteiger charge is 1.98. The van der Waals surface area contributed by atoms with Crippen molar-refractivity contribution >= 4 is 5.97 Å². The smallest absolute Gasteiger partial charge is 0.305 e. The van der Waals surface area contributed by atoms with E-state index in [0.29, 0.717) is 12.8 Å². The zero-order chi connectivity index (χ0) is 8.53. The van der Waals surface area contributed by atoms with E-state index in [2.05, 4.69) is 4.74 Å². The van der Waals surface area contributed by atoms with Crippen LogP contribution in [0.3, 0.4) is 0 Å². The molecule has 0 aromatic heterocycles. The second-order valence-electron chi connectivity index (χ2n) is 2.43. The molecule has 0 aliphatic heterocycles. The zero-order valence-electron chi connectivity index (χ0n) is 6.94. The topological polar surface area (TPSA) is 26.3 Å². The molecule has 0 bridgehead atoms. The van der Waals surface area contributed by atoms with Crippen LogP contribution in [0.1, 0.15) is 32.1 Å². The number of hydrogen-bond acceptors (Lipinski definition) is 2. The van der Waals surface area contributed by atoms with Gasteiger partial charge in [0.15, 0.2) is 0 Å². The molecular formula is C8H15FO2. The summed E-state index contributed by atoms with van der Waals surface area (Å²) >= 11 is 0. The Morgan fingerprint density at radius 2 is 1.91 bits per heavy atom. The third-order valence-electron chi connectivity index (χ3n) is 1.49. The van der Waals surface area contributed by atoms with Crippen LogP contribution in [0, 0.1) is 0 Å². The summed E-state index contributed by atoms with van der Waals surface area (Å²) in [6.07, 6.45) is 3.67. The normalized spacial score (nSPS) is 9.64. The second-order valence-corrected chi connectivity index (χ2v) is 2.43. The molecule has 0 aromatic carbocycles. The van der Waals surface area contributed by atoms with Crippen molar-refractivity contribution in [2.75, 3.05) is 13.8 Å². The Bertz CT molecular complexity index is 104. The van der Waals surface area contributed by atoms with Crippen LogP contribution in [-0.2, 0) is 9.53 Å². The summed E-state index contributed by atoms with van der Waals surface area (Å²) < 4.78 is 16.0. The number of alkyl halides is 1. The number of methoxy groups -OCH3 is 1. The standard InChI is InChI=1S/C8H15FO2/c1-11-8(10)6-4-2-3-5-7-9/h2-7H2,1H3. The first kappa shape index (κ1) is 10.4. The Morgan fingerprint density at radius 1 is 1.27 bits per heavy atom. The lowest BCUT2D eigenvalue weighted by Crippen LogP contribution is -1.99. The molecule has 0 saturated carbocycles. The Labute approximate surface area is 66.7 Å². The fourth-order valence-electron chi connectivity index (χ4n) is 0.819. The molecule has 66 valence electrons. The molecular weight excluding hydrogens is 147 g/mol. The van der Waals surface area contributed by atoms with E-state index in [1.807, 2.05) is 0 Å². The quantitative estimate of drug-likeness (QED) is 0.441. The minimum atomic E-state index is -0.252. The van der Waals surface area contributed by atoms with Crippen LogP contribution in [0.25, 0.3) is 0 Å². The third-order valence-corrected chi connectivity index (χ3v) is 1.49. The minimum Gasteiger partial charge on any atom is -0.469 e. The number of unbranched alkanes of at least 4 members (excludes halogenated alkanes) is 3. The van der Waals surface area contributed by atoms with E-state index in [1.54, 1.807) is 0 Å². The van der Waals surface area contributed by atoms with Crippen molar-refractivity contribution < 1.29 is 13.9 Å². The molecule has 0 atom stereocenters. The van der Waals surface area contributed by atoms with Crippen molar-refractivity contribution in [1.82, 2.24) is 0 Å². The molecule has 0 aliphatic rings. The average Bonchev–Trinajstić information content (AvgIpc) is 2.04. The monoisotopic (exact) mass is 162 g/mol. The molecule has 0 heterocycles. The van der Waals surface area contributed by atoms with Crippen molar-refractivity contribution in [1.29, 1.82) is 0 Å². The van der Waals surface area contributed by atoms with Gasteiger partial charge in [0, 0.05) is 6.42 Å². The second kappa shape index (κ2) is 7.51. The largest absolute Gasteiger partial charge is 0.469 e. The Kier molecular flexibility index (Phi) is 7.10. The van der Waals surface area contributed by atoms with Gasteiger partial charge < -0.3 is 4.74 Å². The van der Waals surface area contributed by atoms with Crippen molar-refractivity contribution in [2.45, 2.75) is 32.1 Å². The lowest BCUT2D eigenvalue weighted by molar-refractivity contribution is -0.140. The maximum absolute atomic E-state index is 11.6. The summed E-state index contributed by atoms with van der Waals surface area (Å²) in [5.74, 6) is -0.176. The lowest BCUT2D eigenvalue weighted by Gasteiger charge is -1.97. The average molecular weight is 162 g/mol. The van der Waals surface area contributed by atoms with Crippen LogP contribution < -0.4 is 0 Å². The summed E-state index contributed by atoms with van der Waals surface area (Å²) in [5.41, 5.74) is 0. The van der Waals surface area contributed by atoms with E-state index >= 15 is 0 Å². The van der Waals surface area contributed by atoms with Gasteiger partial charge in [-0.15, -0.1) is 0 Å². The van der Waals surface area contributed by atoms with E-state index in [-0.39, 0.29) is 12.6 Å². The van der Waals surface area contributed by atoms with Crippen molar-refractivity contribution in [3.8, 4) is 0 Å². The van der Waals surface area contributed by atoms with E-state index in [9.17, 15) is 9.18 Å². The molecule has 3 heteroatoms. The van der Waals surface area contributed by atoms with Gasteiger partial charge in [-0.1, -0.05) is 12.8 Å². The summed E-state index contributed by atoms with van der Waals surface area (Å²) in [5, 5.41) is 0. The molecule has 0 aliphatic carbocycles. The van der Waals surface area contributed by atoms with Gasteiger partial charge in [0.25, 0.3) is 0 Å². The maximum atomic E-state index is 11.6. The van der Waals surface area contributed by atoms with Gasteiger partial charge in [-0.25, -0.2) is 0 Å². The van der Waals surface area contributed by atoms with Gasteiger partial charge in [0.05, 0.1) is 13.8 Å². The molecule has 11 heavy (non-hydrogen) atoms. The molecule has 0 unspecified atom stereocenters. The zero-order valence-corrected chi connectivity index (χ0v) is 6.94. The van der Waals surface area contributed by atoms with Crippen LogP contribution in [0.5, 0.6) is 0 Å². The molecule has 0 radical (unpaired) electrons. The number of carbonyl (C=O) groups is 1. The van der Waals surface area contributed by atoms with Crippen molar-refractivity contribution in [2.24, 2.45) is 0 Å². The van der Waals surface area contributed by atoms with Crippen LogP contribution in [0.4, 0.5) is 4.39 Å². The lowest BCUT2D eigenvalue weighted by atomic mass is 10.1. The van der Waals surface area contributed by atoms with Gasteiger partial charge in [-0.3, -0.25) is 9.18 Å². The number of esters is 1. The predicted octanol–water partition coefficient (Wildman–Crippen LogP) is 2.08. The van der Waals surface area contributed by atoms with E-state index in [1.165, 1.54) is 7.11 Å². The summed E-state index contributed by atoms with van der Waals surface area (Å²) in [7, 11) is 1.38. The number of rotatable bonds is 6. The van der Waals surface area contributed by atoms with Gasteiger partial charge in [-0.05, 0) is 12.8 Å². The van der Waals surface area contributed by atoms with E-state index < -0.39 is 0 Å². The van der Waals surface area contributed by atoms with Crippen molar-refractivity contribution in [3.05, 3.63) is 0 Å². The van der Waals surface area contributed by atoms with Crippen LogP contribution in [0.15, 0.2) is 0 Å². The Hall–Kier alpha value is -0.600. The summed E-state index contributed by atoms with van der Waals surface area (Å²) in [4.78, 5) is 10.5. The molecule has 0 N–H and O–H groups in total. The van der Waals surface area contributed by atoms with Crippen LogP contribution >= 0.6 is 0 Å². The first-order valence-corrected chi connectivity index (χ1v) is 3.94. The molecule has 0 fully saturated rings. The number of carbonyl (C=O) groups excluding carboxylic acids is 1. The minimum absolute atomic E-state index is 0.176. The summed E-state index contributed by atoms with van der Waals surface area (Å²) in [6, 6.07) is 0.